The lowest BCUT2D eigenvalue weighted by Gasteiger charge is -2.25. The van der Waals surface area contributed by atoms with Crippen LogP contribution in [0.2, 0.25) is 0 Å². The Kier molecular flexibility index (Phi) is 4.63. The smallest absolute Gasteiger partial charge is 0.300 e. The summed E-state index contributed by atoms with van der Waals surface area (Å²) >= 11 is 0. The van der Waals surface area contributed by atoms with Crippen molar-refractivity contribution in [1.82, 2.24) is 4.98 Å². The number of rotatable bonds is 3. The van der Waals surface area contributed by atoms with E-state index < -0.39 is 17.7 Å². The van der Waals surface area contributed by atoms with E-state index in [2.05, 4.69) is 4.98 Å². The van der Waals surface area contributed by atoms with E-state index >= 15 is 0 Å². The van der Waals surface area contributed by atoms with Gasteiger partial charge in [0, 0.05) is 23.6 Å². The number of Topliss-reactive ketones (excluding diaryl/α,β-unsaturated/α-hetero) is 1. The highest BCUT2D eigenvalue weighted by Gasteiger charge is 2.47. The van der Waals surface area contributed by atoms with Gasteiger partial charge in [-0.2, -0.15) is 0 Å². The monoisotopic (exact) mass is 414 g/mol. The molecule has 7 nitrogen and oxygen atoms in total. The largest absolute Gasteiger partial charge is 0.507 e. The van der Waals surface area contributed by atoms with Gasteiger partial charge in [0.1, 0.15) is 19.0 Å². The SMILES string of the molecule is O=C1C(=O)N(c2ccccc2)C(c2ccncc2)/C1=C(/O)c1ccc2c(c1)OCCO2. The first-order valence-corrected chi connectivity index (χ1v) is 9.81. The van der Waals surface area contributed by atoms with Gasteiger partial charge in [-0.05, 0) is 48.0 Å². The Morgan fingerprint density at radius 3 is 2.39 bits per heavy atom. The first kappa shape index (κ1) is 18.9. The molecular weight excluding hydrogens is 396 g/mol. The fourth-order valence-electron chi connectivity index (χ4n) is 3.89. The van der Waals surface area contributed by atoms with Gasteiger partial charge in [0.05, 0.1) is 11.6 Å². The molecule has 154 valence electrons. The molecule has 3 aromatic rings. The zero-order chi connectivity index (χ0) is 21.4. The van der Waals surface area contributed by atoms with Gasteiger partial charge < -0.3 is 14.6 Å². The summed E-state index contributed by atoms with van der Waals surface area (Å²) in [5, 5.41) is 11.2. The number of carbonyl (C=O) groups is 2. The normalized spacial score (nSPS) is 19.5. The lowest BCUT2D eigenvalue weighted by atomic mass is 9.95. The third-order valence-electron chi connectivity index (χ3n) is 5.32. The van der Waals surface area contributed by atoms with Gasteiger partial charge >= 0.3 is 0 Å². The number of fused-ring (bicyclic) bond motifs is 1. The molecule has 0 saturated carbocycles. The summed E-state index contributed by atoms with van der Waals surface area (Å²) in [5.74, 6) is -0.674. The van der Waals surface area contributed by atoms with Crippen LogP contribution in [0, 0.1) is 0 Å². The fraction of sp³-hybridized carbons (Fsp3) is 0.125. The molecule has 2 aromatic carbocycles. The molecule has 1 saturated heterocycles. The summed E-state index contributed by atoms with van der Waals surface area (Å²) in [6.45, 7) is 0.842. The van der Waals surface area contributed by atoms with Crippen LogP contribution in [0.5, 0.6) is 11.5 Å². The average Bonchev–Trinajstić information content (AvgIpc) is 3.10. The third-order valence-corrected chi connectivity index (χ3v) is 5.32. The number of anilines is 1. The van der Waals surface area contributed by atoms with Crippen molar-refractivity contribution < 1.29 is 24.2 Å². The summed E-state index contributed by atoms with van der Waals surface area (Å²) in [6, 6.07) is 16.5. The maximum atomic E-state index is 13.1. The van der Waals surface area contributed by atoms with Gasteiger partial charge in [-0.25, -0.2) is 0 Å². The van der Waals surface area contributed by atoms with Crippen molar-refractivity contribution in [3.8, 4) is 11.5 Å². The van der Waals surface area contributed by atoms with Crippen LogP contribution < -0.4 is 14.4 Å². The summed E-state index contributed by atoms with van der Waals surface area (Å²) in [7, 11) is 0. The zero-order valence-electron chi connectivity index (χ0n) is 16.4. The van der Waals surface area contributed by atoms with Gasteiger partial charge in [0.15, 0.2) is 11.5 Å². The predicted molar refractivity (Wildman–Crippen MR) is 113 cm³/mol. The molecule has 1 amide bonds. The molecule has 2 aliphatic heterocycles. The van der Waals surface area contributed by atoms with Crippen molar-refractivity contribution in [2.75, 3.05) is 18.1 Å². The molecule has 1 N–H and O–H groups in total. The Morgan fingerprint density at radius 2 is 1.65 bits per heavy atom. The zero-order valence-corrected chi connectivity index (χ0v) is 16.4. The van der Waals surface area contributed by atoms with Crippen LogP contribution >= 0.6 is 0 Å². The third kappa shape index (κ3) is 3.20. The second-order valence-electron chi connectivity index (χ2n) is 7.14. The van der Waals surface area contributed by atoms with Crippen LogP contribution in [-0.2, 0) is 9.59 Å². The maximum absolute atomic E-state index is 13.1. The highest BCUT2D eigenvalue weighted by atomic mass is 16.6. The summed E-state index contributed by atoms with van der Waals surface area (Å²) in [6.07, 6.45) is 3.18. The van der Waals surface area contributed by atoms with Crippen molar-refractivity contribution in [2.24, 2.45) is 0 Å². The van der Waals surface area contributed by atoms with E-state index in [0.29, 0.717) is 41.5 Å². The molecule has 0 radical (unpaired) electrons. The molecular formula is C24H18N2O5. The number of ketones is 1. The van der Waals surface area contributed by atoms with E-state index in [1.54, 1.807) is 67.0 Å². The lowest BCUT2D eigenvalue weighted by molar-refractivity contribution is -0.132. The molecule has 1 atom stereocenters. The van der Waals surface area contributed by atoms with E-state index in [-0.39, 0.29) is 11.3 Å². The molecule has 0 spiro atoms. The van der Waals surface area contributed by atoms with E-state index in [0.717, 1.165) is 0 Å². The molecule has 1 aromatic heterocycles. The first-order valence-electron chi connectivity index (χ1n) is 9.81. The number of benzene rings is 2. The number of ether oxygens (including phenoxy) is 2. The van der Waals surface area contributed by atoms with Crippen LogP contribution in [0.1, 0.15) is 17.2 Å². The molecule has 0 bridgehead atoms. The number of aliphatic hydroxyl groups is 1. The number of hydrogen-bond donors (Lipinski definition) is 1. The molecule has 3 heterocycles. The second kappa shape index (κ2) is 7.60. The van der Waals surface area contributed by atoms with Crippen molar-refractivity contribution in [1.29, 1.82) is 0 Å². The van der Waals surface area contributed by atoms with Gasteiger partial charge in [-0.1, -0.05) is 18.2 Å². The summed E-state index contributed by atoms with van der Waals surface area (Å²) < 4.78 is 11.1. The van der Waals surface area contributed by atoms with Crippen LogP contribution in [0.25, 0.3) is 5.76 Å². The standard InChI is InChI=1S/C24H18N2O5/c27-22(16-6-7-18-19(14-16)31-13-12-30-18)20-21(15-8-10-25-11-9-15)26(24(29)23(20)28)17-4-2-1-3-5-17/h1-11,14,21,27H,12-13H2/b22-20-. The number of aliphatic hydroxyl groups excluding tert-OH is 1. The van der Waals surface area contributed by atoms with Crippen molar-refractivity contribution in [2.45, 2.75) is 6.04 Å². The summed E-state index contributed by atoms with van der Waals surface area (Å²) in [5.41, 5.74) is 1.61. The number of amides is 1. The van der Waals surface area contributed by atoms with E-state index in [4.69, 9.17) is 9.47 Å². The Balaban J connectivity index is 1.69. The molecule has 5 rings (SSSR count). The van der Waals surface area contributed by atoms with Gasteiger partial charge in [0.2, 0.25) is 0 Å². The first-order chi connectivity index (χ1) is 15.1. The highest BCUT2D eigenvalue weighted by Crippen LogP contribution is 2.43. The van der Waals surface area contributed by atoms with Gasteiger partial charge in [-0.3, -0.25) is 19.5 Å². The number of para-hydroxylation sites is 1. The minimum absolute atomic E-state index is 0.0109. The van der Waals surface area contributed by atoms with Gasteiger partial charge in [-0.15, -0.1) is 0 Å². The number of nitrogens with zero attached hydrogens (tertiary/aromatic N) is 2. The minimum Gasteiger partial charge on any atom is -0.507 e. The highest BCUT2D eigenvalue weighted by molar-refractivity contribution is 6.51. The quantitative estimate of drug-likeness (QED) is 0.401. The Bertz CT molecular complexity index is 1190. The molecule has 1 fully saturated rings. The Labute approximate surface area is 178 Å². The van der Waals surface area contributed by atoms with Gasteiger partial charge in [0.25, 0.3) is 11.7 Å². The molecule has 7 heteroatoms. The maximum Gasteiger partial charge on any atom is 0.300 e. The van der Waals surface area contributed by atoms with E-state index in [1.807, 2.05) is 6.07 Å². The number of carbonyl (C=O) groups excluding carboxylic acids is 2. The van der Waals surface area contributed by atoms with E-state index in [9.17, 15) is 14.7 Å². The van der Waals surface area contributed by atoms with Crippen LogP contribution in [-0.4, -0.2) is 35.0 Å². The van der Waals surface area contributed by atoms with E-state index in [1.165, 1.54) is 4.90 Å². The van der Waals surface area contributed by atoms with Crippen LogP contribution in [0.4, 0.5) is 5.69 Å². The average molecular weight is 414 g/mol. The predicted octanol–water partition coefficient (Wildman–Crippen LogP) is 3.48. The van der Waals surface area contributed by atoms with Crippen molar-refractivity contribution >= 4 is 23.1 Å². The topological polar surface area (TPSA) is 89.0 Å². The van der Waals surface area contributed by atoms with Crippen molar-refractivity contribution in [3.05, 3.63) is 89.8 Å². The lowest BCUT2D eigenvalue weighted by Crippen LogP contribution is -2.29. The van der Waals surface area contributed by atoms with Crippen LogP contribution in [0.3, 0.4) is 0 Å². The molecule has 1 unspecified atom stereocenters. The molecule has 31 heavy (non-hydrogen) atoms. The minimum atomic E-state index is -0.793. The Morgan fingerprint density at radius 1 is 0.935 bits per heavy atom. The molecule has 0 aliphatic carbocycles. The van der Waals surface area contributed by atoms with Crippen molar-refractivity contribution in [3.63, 3.8) is 0 Å². The Hall–Kier alpha value is -4.13. The number of pyridine rings is 1. The van der Waals surface area contributed by atoms with Crippen LogP contribution in [0.15, 0.2) is 78.6 Å². The number of hydrogen-bond acceptors (Lipinski definition) is 6. The summed E-state index contributed by atoms with van der Waals surface area (Å²) in [4.78, 5) is 31.6. The number of aromatic nitrogens is 1. The fourth-order valence-corrected chi connectivity index (χ4v) is 3.89. The second-order valence-corrected chi connectivity index (χ2v) is 7.14. The molecule has 2 aliphatic rings.